The lowest BCUT2D eigenvalue weighted by atomic mass is 10.2. The highest BCUT2D eigenvalue weighted by atomic mass is 16.5. The van der Waals surface area contributed by atoms with Crippen LogP contribution in [0.25, 0.3) is 0 Å². The van der Waals surface area contributed by atoms with Gasteiger partial charge in [0.2, 0.25) is 0 Å². The molecule has 23 heavy (non-hydrogen) atoms. The van der Waals surface area contributed by atoms with Crippen molar-refractivity contribution in [3.63, 3.8) is 0 Å². The van der Waals surface area contributed by atoms with E-state index in [4.69, 9.17) is 9.47 Å². The monoisotopic (exact) mass is 322 g/mol. The molecule has 0 bridgehead atoms. The Bertz CT molecular complexity index is 502. The summed E-state index contributed by atoms with van der Waals surface area (Å²) in [5, 5.41) is 10.2. The molecule has 5 heteroatoms. The molecule has 0 heterocycles. The summed E-state index contributed by atoms with van der Waals surface area (Å²) < 4.78 is 10.3. The Balaban J connectivity index is 1.80. The largest absolute Gasteiger partial charge is 0.491 e. The molecule has 5 nitrogen and oxygen atoms in total. The van der Waals surface area contributed by atoms with Gasteiger partial charge in [0.1, 0.15) is 25.0 Å². The number of hydrogen-bond acceptors (Lipinski definition) is 4. The molecular formula is C18H28NO4+. The predicted molar refractivity (Wildman–Crippen MR) is 87.9 cm³/mol. The standard InChI is InChI=1S/C18H27NO4/c1-3-9-19(11-14-7-8-14)12-16(20)13-23-17-6-4-5-15(10-17)18(21)22-2/h4-6,10,14,16,20H,3,7-9,11-13H2,1-2H3/p+1/t16-/m0/s1. The fraction of sp³-hybridized carbons (Fsp3) is 0.611. The molecule has 1 unspecified atom stereocenters. The van der Waals surface area contributed by atoms with Gasteiger partial charge in [0.25, 0.3) is 0 Å². The number of ether oxygens (including phenoxy) is 2. The number of esters is 1. The van der Waals surface area contributed by atoms with E-state index in [9.17, 15) is 9.90 Å². The summed E-state index contributed by atoms with van der Waals surface area (Å²) in [6.07, 6.45) is 3.29. The van der Waals surface area contributed by atoms with Crippen LogP contribution in [0.2, 0.25) is 0 Å². The van der Waals surface area contributed by atoms with Gasteiger partial charge < -0.3 is 19.5 Å². The molecule has 0 saturated heterocycles. The molecule has 1 aliphatic carbocycles. The van der Waals surface area contributed by atoms with Crippen molar-refractivity contribution in [3.8, 4) is 5.75 Å². The third-order valence-corrected chi connectivity index (χ3v) is 4.10. The van der Waals surface area contributed by atoms with E-state index in [0.29, 0.717) is 17.9 Å². The highest BCUT2D eigenvalue weighted by Gasteiger charge is 2.27. The fourth-order valence-corrected chi connectivity index (χ4v) is 2.79. The molecule has 0 aromatic heterocycles. The zero-order chi connectivity index (χ0) is 16.7. The molecule has 1 aliphatic rings. The first-order valence-electron chi connectivity index (χ1n) is 8.45. The van der Waals surface area contributed by atoms with Crippen LogP contribution in [0.1, 0.15) is 36.5 Å². The molecule has 0 aliphatic heterocycles. The minimum absolute atomic E-state index is 0.239. The van der Waals surface area contributed by atoms with Crippen molar-refractivity contribution in [1.29, 1.82) is 0 Å². The van der Waals surface area contributed by atoms with Gasteiger partial charge in [-0.2, -0.15) is 0 Å². The average Bonchev–Trinajstić information content (AvgIpc) is 3.36. The van der Waals surface area contributed by atoms with Crippen molar-refractivity contribution in [2.45, 2.75) is 32.3 Å². The lowest BCUT2D eigenvalue weighted by molar-refractivity contribution is -0.905. The first-order valence-corrected chi connectivity index (χ1v) is 8.45. The van der Waals surface area contributed by atoms with Crippen LogP contribution < -0.4 is 9.64 Å². The number of aliphatic hydroxyl groups excluding tert-OH is 1. The first kappa shape index (κ1) is 17.8. The number of carbonyl (C=O) groups excluding carboxylic acids is 1. The van der Waals surface area contributed by atoms with Gasteiger partial charge in [0.15, 0.2) is 0 Å². The summed E-state index contributed by atoms with van der Waals surface area (Å²) in [5.41, 5.74) is 0.450. The second-order valence-electron chi connectivity index (χ2n) is 6.34. The molecular weight excluding hydrogens is 294 g/mol. The van der Waals surface area contributed by atoms with E-state index >= 15 is 0 Å². The Kier molecular flexibility index (Phi) is 6.86. The molecule has 0 spiro atoms. The quantitative estimate of drug-likeness (QED) is 0.629. The van der Waals surface area contributed by atoms with Crippen LogP contribution in [0.4, 0.5) is 0 Å². The second kappa shape index (κ2) is 8.89. The lowest BCUT2D eigenvalue weighted by Crippen LogP contribution is -3.13. The minimum Gasteiger partial charge on any atom is -0.491 e. The summed E-state index contributed by atoms with van der Waals surface area (Å²) in [5.74, 6) is 1.03. The highest BCUT2D eigenvalue weighted by Crippen LogP contribution is 2.26. The maximum Gasteiger partial charge on any atom is 0.337 e. The van der Waals surface area contributed by atoms with Crippen molar-refractivity contribution >= 4 is 5.97 Å². The molecule has 1 aromatic rings. The first-order chi connectivity index (χ1) is 11.1. The number of nitrogens with one attached hydrogen (secondary N) is 1. The van der Waals surface area contributed by atoms with Gasteiger partial charge in [-0.15, -0.1) is 0 Å². The number of carbonyl (C=O) groups is 1. The van der Waals surface area contributed by atoms with Gasteiger partial charge >= 0.3 is 5.97 Å². The van der Waals surface area contributed by atoms with Gasteiger partial charge in [-0.05, 0) is 37.5 Å². The Morgan fingerprint density at radius 3 is 2.87 bits per heavy atom. The Hall–Kier alpha value is -1.59. The van der Waals surface area contributed by atoms with Crippen LogP contribution in [0.15, 0.2) is 24.3 Å². The van der Waals surface area contributed by atoms with Gasteiger partial charge in [0.05, 0.1) is 25.8 Å². The summed E-state index contributed by atoms with van der Waals surface area (Å²) in [6.45, 7) is 5.37. The van der Waals surface area contributed by atoms with E-state index < -0.39 is 6.10 Å². The predicted octanol–water partition coefficient (Wildman–Crippen LogP) is 0.918. The summed E-state index contributed by atoms with van der Waals surface area (Å²) in [4.78, 5) is 13.0. The van der Waals surface area contributed by atoms with Gasteiger partial charge in [-0.3, -0.25) is 0 Å². The van der Waals surface area contributed by atoms with Gasteiger partial charge in [0, 0.05) is 5.92 Å². The van der Waals surface area contributed by atoms with Crippen molar-refractivity contribution in [2.75, 3.05) is 33.4 Å². The zero-order valence-electron chi connectivity index (χ0n) is 14.1. The van der Waals surface area contributed by atoms with Crippen LogP contribution in [-0.2, 0) is 4.74 Å². The number of quaternary nitrogens is 1. The SMILES string of the molecule is CCC[NH+](CC1CC1)C[C@H](O)COc1cccc(C(=O)OC)c1. The summed E-state index contributed by atoms with van der Waals surface area (Å²) >= 11 is 0. The molecule has 1 aromatic carbocycles. The zero-order valence-corrected chi connectivity index (χ0v) is 14.1. The van der Waals surface area contributed by atoms with Gasteiger partial charge in [-0.25, -0.2) is 4.79 Å². The summed E-state index contributed by atoms with van der Waals surface area (Å²) in [6, 6.07) is 6.84. The molecule has 1 fully saturated rings. The smallest absolute Gasteiger partial charge is 0.337 e. The summed E-state index contributed by atoms with van der Waals surface area (Å²) in [7, 11) is 1.35. The van der Waals surface area contributed by atoms with E-state index in [2.05, 4.69) is 6.92 Å². The Labute approximate surface area is 138 Å². The van der Waals surface area contributed by atoms with Gasteiger partial charge in [-0.1, -0.05) is 13.0 Å². The average molecular weight is 322 g/mol. The van der Waals surface area contributed by atoms with Crippen LogP contribution in [0.3, 0.4) is 0 Å². The molecule has 2 N–H and O–H groups in total. The van der Waals surface area contributed by atoms with Crippen LogP contribution >= 0.6 is 0 Å². The molecule has 1 saturated carbocycles. The number of benzene rings is 1. The topological polar surface area (TPSA) is 60.2 Å². The van der Waals surface area contributed by atoms with E-state index in [1.54, 1.807) is 24.3 Å². The molecule has 2 rings (SSSR count). The third kappa shape index (κ3) is 6.20. The Morgan fingerprint density at radius 1 is 1.43 bits per heavy atom. The maximum absolute atomic E-state index is 11.5. The van der Waals surface area contributed by atoms with E-state index in [-0.39, 0.29) is 12.6 Å². The Morgan fingerprint density at radius 2 is 2.22 bits per heavy atom. The van der Waals surface area contributed by atoms with E-state index in [0.717, 1.165) is 25.4 Å². The fourth-order valence-electron chi connectivity index (χ4n) is 2.79. The van der Waals surface area contributed by atoms with Crippen molar-refractivity contribution < 1.29 is 24.3 Å². The number of rotatable bonds is 10. The minimum atomic E-state index is -0.503. The molecule has 0 radical (unpaired) electrons. The van der Waals surface area contributed by atoms with E-state index in [1.807, 2.05) is 0 Å². The molecule has 2 atom stereocenters. The maximum atomic E-state index is 11.5. The number of aliphatic hydroxyl groups is 1. The third-order valence-electron chi connectivity index (χ3n) is 4.10. The number of hydrogen-bond donors (Lipinski definition) is 2. The number of methoxy groups -OCH3 is 1. The van der Waals surface area contributed by atoms with Crippen LogP contribution in [-0.4, -0.2) is 50.5 Å². The van der Waals surface area contributed by atoms with Crippen molar-refractivity contribution in [3.05, 3.63) is 29.8 Å². The normalized spacial score (nSPS) is 16.7. The second-order valence-corrected chi connectivity index (χ2v) is 6.34. The van der Waals surface area contributed by atoms with E-state index in [1.165, 1.54) is 24.9 Å². The molecule has 0 amide bonds. The van der Waals surface area contributed by atoms with Crippen molar-refractivity contribution in [2.24, 2.45) is 5.92 Å². The lowest BCUT2D eigenvalue weighted by Gasteiger charge is -2.22. The van der Waals surface area contributed by atoms with Crippen molar-refractivity contribution in [1.82, 2.24) is 0 Å². The van der Waals surface area contributed by atoms with Crippen LogP contribution in [0, 0.1) is 5.92 Å². The molecule has 128 valence electrons. The van der Waals surface area contributed by atoms with Crippen LogP contribution in [0.5, 0.6) is 5.75 Å². The highest BCUT2D eigenvalue weighted by molar-refractivity contribution is 5.89.